The molecule has 0 rings (SSSR count). The van der Waals surface area contributed by atoms with E-state index in [1.54, 1.807) is 0 Å². The summed E-state index contributed by atoms with van der Waals surface area (Å²) in [5, 5.41) is 32.2. The van der Waals surface area contributed by atoms with Gasteiger partial charge in [-0.3, -0.25) is 14.4 Å². The van der Waals surface area contributed by atoms with E-state index in [4.69, 9.17) is 10.8 Å². The van der Waals surface area contributed by atoms with Crippen molar-refractivity contribution in [3.63, 3.8) is 0 Å². The van der Waals surface area contributed by atoms with Crippen LogP contribution in [0.2, 0.25) is 0 Å². The molecule has 16 heteroatoms. The summed E-state index contributed by atoms with van der Waals surface area (Å²) in [7, 11) is 0. The Morgan fingerprint density at radius 1 is 1.26 bits per heavy atom. The first-order valence-corrected chi connectivity index (χ1v) is 7.21. The maximum Gasteiger partial charge on any atom is 0.320 e. The van der Waals surface area contributed by atoms with Crippen LogP contribution in [0.3, 0.4) is 0 Å². The fraction of sp³-hybridized carbons (Fsp3) is 0.636. The molecule has 0 unspecified atom stereocenters. The van der Waals surface area contributed by atoms with Crippen LogP contribution in [0.15, 0.2) is 5.10 Å². The highest BCUT2D eigenvalue weighted by Gasteiger charge is 2.18. The lowest BCUT2D eigenvalue weighted by Crippen LogP contribution is -2.40. The summed E-state index contributed by atoms with van der Waals surface area (Å²) in [5.74, 6) is -2.81. The number of nitrogens with two attached hydrogens (primary N) is 1. The Balaban J connectivity index is 4.45. The monoisotopic (exact) mass is 394 g/mol. The molecule has 5 N–H and O–H groups in total. The van der Waals surface area contributed by atoms with Crippen LogP contribution in [0.5, 0.6) is 0 Å². The van der Waals surface area contributed by atoms with Crippen molar-refractivity contribution in [1.82, 2.24) is 10.7 Å². The molecular formula is C11H18N6O10. The number of nitrogens with zero attached hydrogens (tertiary/aromatic N) is 3. The molecule has 27 heavy (non-hydrogen) atoms. The fourth-order valence-electron chi connectivity index (χ4n) is 1.39. The molecule has 0 spiro atoms. The highest BCUT2D eigenvalue weighted by atomic mass is 17.0. The van der Waals surface area contributed by atoms with Gasteiger partial charge in [-0.25, -0.2) is 5.43 Å². The van der Waals surface area contributed by atoms with Gasteiger partial charge in [-0.05, 0) is 13.3 Å². The van der Waals surface area contributed by atoms with Gasteiger partial charge in [-0.15, -0.1) is 20.2 Å². The summed E-state index contributed by atoms with van der Waals surface area (Å²) < 4.78 is 0. The molecular weight excluding hydrogens is 376 g/mol. The number of carbonyl (C=O) groups is 3. The standard InChI is InChI=1S/C11H18N6O10/c1-6(14-15-9(18)3-2-8(12)11(20)21)10(19)13-4-7(27-17(24)25)5-26-16(22)23/h7-8H,2-5,12H2,1H3,(H,13,19)(H,15,18)(H,20,21)/b14-6-/t7-,8+/m1/s1. The number of aliphatic carboxylic acids is 1. The smallest absolute Gasteiger partial charge is 0.320 e. The first kappa shape index (κ1) is 23.4. The highest BCUT2D eigenvalue weighted by molar-refractivity contribution is 6.37. The Labute approximate surface area is 150 Å². The van der Waals surface area contributed by atoms with Crippen LogP contribution in [0.25, 0.3) is 0 Å². The summed E-state index contributed by atoms with van der Waals surface area (Å²) in [6.45, 7) is -0.109. The third-order valence-electron chi connectivity index (χ3n) is 2.77. The zero-order chi connectivity index (χ0) is 21.0. The molecule has 0 aliphatic heterocycles. The van der Waals surface area contributed by atoms with Gasteiger partial charge >= 0.3 is 5.97 Å². The molecule has 0 aliphatic rings. The normalized spacial score (nSPS) is 13.0. The zero-order valence-electron chi connectivity index (χ0n) is 14.0. The molecule has 0 aromatic carbocycles. The van der Waals surface area contributed by atoms with E-state index in [0.29, 0.717) is 0 Å². The van der Waals surface area contributed by atoms with Gasteiger partial charge in [0.2, 0.25) is 5.91 Å². The summed E-state index contributed by atoms with van der Waals surface area (Å²) >= 11 is 0. The van der Waals surface area contributed by atoms with Gasteiger partial charge in [-0.2, -0.15) is 5.10 Å². The first-order chi connectivity index (χ1) is 12.5. The molecule has 0 saturated carbocycles. The number of rotatable bonds is 13. The molecule has 0 heterocycles. The van der Waals surface area contributed by atoms with Crippen molar-refractivity contribution in [2.75, 3.05) is 13.2 Å². The topological polar surface area (TPSA) is 239 Å². The van der Waals surface area contributed by atoms with Gasteiger partial charge in [0.1, 0.15) is 24.5 Å². The van der Waals surface area contributed by atoms with E-state index < -0.39 is 53.3 Å². The van der Waals surface area contributed by atoms with Gasteiger partial charge in [0.05, 0.1) is 0 Å². The SMILES string of the molecule is C/C(=N/NC(=O)CC[C@H](N)C(=O)O)C(=O)NC[C@H](CO[N+](=O)[O-])O[N+](=O)[O-]. The summed E-state index contributed by atoms with van der Waals surface area (Å²) in [6.07, 6.45) is -1.84. The molecule has 0 bridgehead atoms. The van der Waals surface area contributed by atoms with Crippen molar-refractivity contribution >= 4 is 23.5 Å². The minimum absolute atomic E-state index is 0.141. The molecule has 2 atom stereocenters. The minimum Gasteiger partial charge on any atom is -0.480 e. The van der Waals surface area contributed by atoms with E-state index >= 15 is 0 Å². The van der Waals surface area contributed by atoms with E-state index in [2.05, 4.69) is 20.1 Å². The Morgan fingerprint density at radius 3 is 2.41 bits per heavy atom. The molecule has 2 amide bonds. The van der Waals surface area contributed by atoms with E-state index in [1.165, 1.54) is 6.92 Å². The Morgan fingerprint density at radius 2 is 1.89 bits per heavy atom. The lowest BCUT2D eigenvalue weighted by Gasteiger charge is -2.14. The third-order valence-corrected chi connectivity index (χ3v) is 2.77. The van der Waals surface area contributed by atoms with Crippen LogP contribution in [-0.4, -0.2) is 64.1 Å². The number of amides is 2. The average molecular weight is 394 g/mol. The lowest BCUT2D eigenvalue weighted by molar-refractivity contribution is -0.789. The summed E-state index contributed by atoms with van der Waals surface area (Å²) in [6, 6.07) is -1.22. The quantitative estimate of drug-likeness (QED) is 0.145. The predicted molar refractivity (Wildman–Crippen MR) is 83.9 cm³/mol. The van der Waals surface area contributed by atoms with Crippen LogP contribution in [0.4, 0.5) is 0 Å². The molecule has 152 valence electrons. The summed E-state index contributed by atoms with van der Waals surface area (Å²) in [4.78, 5) is 62.1. The largest absolute Gasteiger partial charge is 0.480 e. The van der Waals surface area contributed by atoms with Gasteiger partial charge in [0.25, 0.3) is 16.1 Å². The van der Waals surface area contributed by atoms with Crippen molar-refractivity contribution in [3.8, 4) is 0 Å². The van der Waals surface area contributed by atoms with Gasteiger partial charge in [0, 0.05) is 13.0 Å². The van der Waals surface area contributed by atoms with Crippen molar-refractivity contribution in [1.29, 1.82) is 0 Å². The maximum atomic E-state index is 11.7. The molecule has 0 radical (unpaired) electrons. The number of carboxylic acid groups (broad SMARTS) is 1. The van der Waals surface area contributed by atoms with Crippen LogP contribution in [-0.2, 0) is 24.1 Å². The maximum absolute atomic E-state index is 11.7. The number of carboxylic acids is 1. The average Bonchev–Trinajstić information content (AvgIpc) is 2.58. The number of hydrogen-bond donors (Lipinski definition) is 4. The first-order valence-electron chi connectivity index (χ1n) is 7.21. The number of hydrogen-bond acceptors (Lipinski definition) is 11. The van der Waals surface area contributed by atoms with Crippen LogP contribution < -0.4 is 16.5 Å². The highest BCUT2D eigenvalue weighted by Crippen LogP contribution is 1.96. The Hall–Kier alpha value is -3.56. The second kappa shape index (κ2) is 11.9. The summed E-state index contributed by atoms with van der Waals surface area (Å²) in [5.41, 5.74) is 6.98. The van der Waals surface area contributed by atoms with E-state index in [9.17, 15) is 34.6 Å². The second-order valence-corrected chi connectivity index (χ2v) is 4.90. The minimum atomic E-state index is -1.45. The third kappa shape index (κ3) is 11.6. The number of hydrazone groups is 1. The Kier molecular flexibility index (Phi) is 10.3. The molecule has 0 aromatic rings. The number of carbonyl (C=O) groups excluding carboxylic acids is 2. The van der Waals surface area contributed by atoms with Crippen LogP contribution in [0.1, 0.15) is 19.8 Å². The molecule has 16 nitrogen and oxygen atoms in total. The molecule has 0 aromatic heterocycles. The number of nitrogens with one attached hydrogen (secondary N) is 2. The Bertz CT molecular complexity index is 608. The van der Waals surface area contributed by atoms with E-state index in [-0.39, 0.29) is 18.6 Å². The lowest BCUT2D eigenvalue weighted by atomic mass is 10.2. The second-order valence-electron chi connectivity index (χ2n) is 4.90. The molecule has 0 fully saturated rings. The van der Waals surface area contributed by atoms with Gasteiger partial charge < -0.3 is 25.8 Å². The predicted octanol–water partition coefficient (Wildman–Crippen LogP) is -2.43. The van der Waals surface area contributed by atoms with Crippen molar-refractivity contribution < 1.29 is 39.3 Å². The van der Waals surface area contributed by atoms with Gasteiger partial charge in [-0.1, -0.05) is 0 Å². The molecule has 0 saturated heterocycles. The van der Waals surface area contributed by atoms with Crippen molar-refractivity contribution in [2.45, 2.75) is 31.9 Å². The molecule has 0 aliphatic carbocycles. The van der Waals surface area contributed by atoms with Crippen molar-refractivity contribution in [3.05, 3.63) is 20.2 Å². The zero-order valence-corrected chi connectivity index (χ0v) is 14.0. The van der Waals surface area contributed by atoms with Crippen molar-refractivity contribution in [2.24, 2.45) is 10.8 Å². The van der Waals surface area contributed by atoms with E-state index in [0.717, 1.165) is 0 Å². The van der Waals surface area contributed by atoms with E-state index in [1.807, 2.05) is 5.43 Å². The van der Waals surface area contributed by atoms with Crippen LogP contribution >= 0.6 is 0 Å². The van der Waals surface area contributed by atoms with Gasteiger partial charge in [0.15, 0.2) is 0 Å². The fourth-order valence-corrected chi connectivity index (χ4v) is 1.39. The van der Waals surface area contributed by atoms with Crippen LogP contribution in [0, 0.1) is 20.2 Å².